The summed E-state index contributed by atoms with van der Waals surface area (Å²) in [5, 5.41) is 22.6. The third-order valence-corrected chi connectivity index (χ3v) is 4.43. The number of barbiturate groups is 1. The summed E-state index contributed by atoms with van der Waals surface area (Å²) in [6, 6.07) is 7.64. The van der Waals surface area contributed by atoms with Crippen molar-refractivity contribution in [3.8, 4) is 5.75 Å². The predicted molar refractivity (Wildman–Crippen MR) is 99.7 cm³/mol. The number of phenols is 1. The number of phenolic OH excluding ortho intramolecular Hbond substituents is 1. The maximum absolute atomic E-state index is 12.9. The lowest BCUT2D eigenvalue weighted by molar-refractivity contribution is -0.385. The van der Waals surface area contributed by atoms with Crippen LogP contribution in [0.25, 0.3) is 6.08 Å². The molecule has 0 bridgehead atoms. The summed E-state index contributed by atoms with van der Waals surface area (Å²) in [5.41, 5.74) is 1.10. The minimum Gasteiger partial charge on any atom is -0.502 e. The van der Waals surface area contributed by atoms with Crippen molar-refractivity contribution < 1.29 is 24.4 Å². The number of urea groups is 1. The van der Waals surface area contributed by atoms with Gasteiger partial charge in [-0.1, -0.05) is 18.2 Å². The molecule has 0 aliphatic carbocycles. The Hall–Kier alpha value is -4.01. The molecule has 1 saturated heterocycles. The molecule has 0 radical (unpaired) electrons. The van der Waals surface area contributed by atoms with Crippen molar-refractivity contribution in [1.82, 2.24) is 5.32 Å². The number of anilines is 1. The van der Waals surface area contributed by atoms with E-state index in [1.807, 2.05) is 13.0 Å². The Kier molecular flexibility index (Phi) is 4.66. The van der Waals surface area contributed by atoms with Gasteiger partial charge in [-0.2, -0.15) is 0 Å². The molecule has 142 valence electrons. The van der Waals surface area contributed by atoms with Crippen molar-refractivity contribution in [3.05, 3.63) is 68.8 Å². The smallest absolute Gasteiger partial charge is 0.335 e. The number of hydrogen-bond acceptors (Lipinski definition) is 6. The Bertz CT molecular complexity index is 1070. The van der Waals surface area contributed by atoms with Gasteiger partial charge < -0.3 is 5.11 Å². The number of hydrogen-bond donors (Lipinski definition) is 2. The SMILES string of the molecule is Cc1cccc(N2C(=O)NC(=O)/C(=C\c3ccc(O)c([N+](=O)[O-])c3)C2=O)c1C. The Morgan fingerprint density at radius 1 is 1.14 bits per heavy atom. The van der Waals surface area contributed by atoms with Crippen LogP contribution in [-0.4, -0.2) is 27.9 Å². The molecule has 0 atom stereocenters. The van der Waals surface area contributed by atoms with Gasteiger partial charge >= 0.3 is 11.7 Å². The van der Waals surface area contributed by atoms with Gasteiger partial charge in [0.25, 0.3) is 11.8 Å². The fraction of sp³-hybridized carbons (Fsp3) is 0.105. The summed E-state index contributed by atoms with van der Waals surface area (Å²) in [6.07, 6.45) is 1.13. The number of nitrogens with zero attached hydrogens (tertiary/aromatic N) is 2. The topological polar surface area (TPSA) is 130 Å². The molecule has 3 rings (SSSR count). The molecular weight excluding hydrogens is 366 g/mol. The van der Waals surface area contributed by atoms with Crippen molar-refractivity contribution in [2.75, 3.05) is 4.90 Å². The molecule has 0 spiro atoms. The van der Waals surface area contributed by atoms with Crippen molar-refractivity contribution in [3.63, 3.8) is 0 Å². The summed E-state index contributed by atoms with van der Waals surface area (Å²) in [5.74, 6) is -2.30. The summed E-state index contributed by atoms with van der Waals surface area (Å²) in [4.78, 5) is 48.4. The summed E-state index contributed by atoms with van der Waals surface area (Å²) >= 11 is 0. The molecule has 9 heteroatoms. The van der Waals surface area contributed by atoms with Crippen LogP contribution in [-0.2, 0) is 9.59 Å². The first-order chi connectivity index (χ1) is 13.2. The second kappa shape index (κ2) is 6.95. The zero-order valence-corrected chi connectivity index (χ0v) is 14.9. The highest BCUT2D eigenvalue weighted by Gasteiger charge is 2.37. The molecule has 1 heterocycles. The molecule has 1 aliphatic rings. The van der Waals surface area contributed by atoms with E-state index in [2.05, 4.69) is 5.32 Å². The molecule has 28 heavy (non-hydrogen) atoms. The number of rotatable bonds is 3. The molecule has 1 aliphatic heterocycles. The number of carbonyl (C=O) groups excluding carboxylic acids is 3. The number of aryl methyl sites for hydroxylation is 1. The van der Waals surface area contributed by atoms with Crippen LogP contribution in [0.2, 0.25) is 0 Å². The van der Waals surface area contributed by atoms with Crippen molar-refractivity contribution in [1.29, 1.82) is 0 Å². The largest absolute Gasteiger partial charge is 0.502 e. The van der Waals surface area contributed by atoms with E-state index in [-0.39, 0.29) is 11.1 Å². The van der Waals surface area contributed by atoms with Crippen molar-refractivity contribution in [2.45, 2.75) is 13.8 Å². The van der Waals surface area contributed by atoms with Crippen LogP contribution < -0.4 is 10.2 Å². The number of benzene rings is 2. The molecule has 9 nitrogen and oxygen atoms in total. The normalized spacial score (nSPS) is 15.7. The Labute approximate surface area is 159 Å². The number of nitro benzene ring substituents is 1. The van der Waals surface area contributed by atoms with E-state index in [9.17, 15) is 29.6 Å². The average Bonchev–Trinajstić information content (AvgIpc) is 2.63. The molecule has 0 unspecified atom stereocenters. The van der Waals surface area contributed by atoms with E-state index in [0.29, 0.717) is 11.3 Å². The van der Waals surface area contributed by atoms with E-state index in [4.69, 9.17) is 0 Å². The molecular formula is C19H15N3O6. The summed E-state index contributed by atoms with van der Waals surface area (Å²) in [6.45, 7) is 3.57. The second-order valence-corrected chi connectivity index (χ2v) is 6.18. The standard InChI is InChI=1S/C19H15N3O6/c1-10-4-3-5-14(11(10)2)21-18(25)13(17(24)20-19(21)26)8-12-6-7-16(23)15(9-12)22(27)28/h3-9,23H,1-2H3,(H,20,24,26)/b13-8+. The number of aromatic hydroxyl groups is 1. The Balaban J connectivity index is 2.08. The van der Waals surface area contributed by atoms with Gasteiger partial charge in [0.1, 0.15) is 5.57 Å². The average molecular weight is 381 g/mol. The number of carbonyl (C=O) groups is 3. The highest BCUT2D eigenvalue weighted by Crippen LogP contribution is 2.29. The number of nitrogens with one attached hydrogen (secondary N) is 1. The van der Waals surface area contributed by atoms with E-state index in [0.717, 1.165) is 28.7 Å². The summed E-state index contributed by atoms with van der Waals surface area (Å²) in [7, 11) is 0. The lowest BCUT2D eigenvalue weighted by Gasteiger charge is -2.28. The van der Waals surface area contributed by atoms with Crippen LogP contribution in [0.1, 0.15) is 16.7 Å². The fourth-order valence-corrected chi connectivity index (χ4v) is 2.80. The molecule has 4 amide bonds. The van der Waals surface area contributed by atoms with Gasteiger partial charge in [0.2, 0.25) is 0 Å². The molecule has 0 aromatic heterocycles. The Morgan fingerprint density at radius 3 is 2.54 bits per heavy atom. The zero-order valence-electron chi connectivity index (χ0n) is 14.9. The lowest BCUT2D eigenvalue weighted by atomic mass is 10.0. The quantitative estimate of drug-likeness (QED) is 0.364. The van der Waals surface area contributed by atoms with E-state index >= 15 is 0 Å². The number of imide groups is 2. The molecule has 2 aromatic carbocycles. The monoisotopic (exact) mass is 381 g/mol. The van der Waals surface area contributed by atoms with E-state index in [1.54, 1.807) is 19.1 Å². The number of nitro groups is 1. The predicted octanol–water partition coefficient (Wildman–Crippen LogP) is 2.58. The Morgan fingerprint density at radius 2 is 1.86 bits per heavy atom. The third-order valence-electron chi connectivity index (χ3n) is 4.43. The van der Waals surface area contributed by atoms with Crippen LogP contribution in [0.4, 0.5) is 16.2 Å². The second-order valence-electron chi connectivity index (χ2n) is 6.18. The van der Waals surface area contributed by atoms with Crippen molar-refractivity contribution in [2.24, 2.45) is 0 Å². The van der Waals surface area contributed by atoms with Gasteiger partial charge in [-0.3, -0.25) is 25.0 Å². The molecule has 2 N–H and O–H groups in total. The first kappa shape index (κ1) is 18.8. The molecule has 2 aromatic rings. The van der Waals surface area contributed by atoms with Crippen LogP contribution in [0, 0.1) is 24.0 Å². The van der Waals surface area contributed by atoms with Crippen LogP contribution in [0.3, 0.4) is 0 Å². The van der Waals surface area contributed by atoms with Gasteiger partial charge in [-0.15, -0.1) is 0 Å². The highest BCUT2D eigenvalue weighted by atomic mass is 16.6. The van der Waals surface area contributed by atoms with E-state index < -0.39 is 34.2 Å². The van der Waals surface area contributed by atoms with Crippen LogP contribution in [0.5, 0.6) is 5.75 Å². The molecule has 1 fully saturated rings. The van der Waals surface area contributed by atoms with Gasteiger partial charge in [0.15, 0.2) is 5.75 Å². The maximum Gasteiger partial charge on any atom is 0.335 e. The zero-order chi connectivity index (χ0) is 20.6. The number of amides is 4. The lowest BCUT2D eigenvalue weighted by Crippen LogP contribution is -2.54. The van der Waals surface area contributed by atoms with E-state index in [1.165, 1.54) is 6.07 Å². The first-order valence-electron chi connectivity index (χ1n) is 8.15. The summed E-state index contributed by atoms with van der Waals surface area (Å²) < 4.78 is 0. The van der Waals surface area contributed by atoms with Crippen LogP contribution >= 0.6 is 0 Å². The van der Waals surface area contributed by atoms with Crippen LogP contribution in [0.15, 0.2) is 42.0 Å². The van der Waals surface area contributed by atoms with Gasteiger partial charge in [-0.05, 0) is 48.7 Å². The molecule has 0 saturated carbocycles. The third kappa shape index (κ3) is 3.20. The van der Waals surface area contributed by atoms with Gasteiger partial charge in [-0.25, -0.2) is 9.69 Å². The first-order valence-corrected chi connectivity index (χ1v) is 8.15. The maximum atomic E-state index is 12.9. The van der Waals surface area contributed by atoms with Gasteiger partial charge in [0.05, 0.1) is 10.6 Å². The minimum atomic E-state index is -0.910. The van der Waals surface area contributed by atoms with Crippen molar-refractivity contribution >= 4 is 35.3 Å². The minimum absolute atomic E-state index is 0.151. The fourth-order valence-electron chi connectivity index (χ4n) is 2.80. The highest BCUT2D eigenvalue weighted by molar-refractivity contribution is 6.39. The van der Waals surface area contributed by atoms with Gasteiger partial charge in [0, 0.05) is 6.07 Å².